The number of ketones is 1. The fraction of sp³-hybridized carbons (Fsp3) is 0.143. The zero-order valence-corrected chi connectivity index (χ0v) is 14.9. The lowest BCUT2D eigenvalue weighted by molar-refractivity contribution is 0.102. The van der Waals surface area contributed by atoms with Crippen LogP contribution in [0.3, 0.4) is 0 Å². The summed E-state index contributed by atoms with van der Waals surface area (Å²) in [4.78, 5) is 17.3. The first-order valence-electron chi connectivity index (χ1n) is 8.12. The van der Waals surface area contributed by atoms with E-state index < -0.39 is 0 Å². The van der Waals surface area contributed by atoms with Gasteiger partial charge in [-0.05, 0) is 54.1 Å². The first kappa shape index (κ1) is 15.8. The number of carbonyl (C=O) groups excluding carboxylic acids is 1. The van der Waals surface area contributed by atoms with Crippen LogP contribution in [-0.2, 0) is 0 Å². The van der Waals surface area contributed by atoms with Crippen molar-refractivity contribution in [2.24, 2.45) is 4.99 Å². The van der Waals surface area contributed by atoms with Gasteiger partial charge in [0.1, 0.15) is 18.0 Å². The van der Waals surface area contributed by atoms with Gasteiger partial charge in [-0.3, -0.25) is 4.79 Å². The number of ether oxygens (including phenoxy) is 1. The highest BCUT2D eigenvalue weighted by Crippen LogP contribution is 2.33. The van der Waals surface area contributed by atoms with Gasteiger partial charge in [0.2, 0.25) is 0 Å². The van der Waals surface area contributed by atoms with Gasteiger partial charge in [0.15, 0.2) is 5.78 Å². The highest BCUT2D eigenvalue weighted by atomic mass is 32.1. The number of hydrogen-bond acceptors (Lipinski definition) is 4. The topological polar surface area (TPSA) is 38.7 Å². The SMILES string of the molecule is CC(=O)c1sccc1-c1ccc(C2=Nc3ccc(C)cc3OC2)cc1. The van der Waals surface area contributed by atoms with Crippen molar-refractivity contribution in [2.45, 2.75) is 13.8 Å². The molecule has 0 aliphatic carbocycles. The molecule has 0 saturated carbocycles. The zero-order chi connectivity index (χ0) is 17.4. The van der Waals surface area contributed by atoms with Gasteiger partial charge in [-0.25, -0.2) is 4.99 Å². The number of nitrogens with zero attached hydrogens (tertiary/aromatic N) is 1. The van der Waals surface area contributed by atoms with E-state index in [-0.39, 0.29) is 5.78 Å². The van der Waals surface area contributed by atoms with Crippen molar-refractivity contribution in [2.75, 3.05) is 6.61 Å². The van der Waals surface area contributed by atoms with Crippen LogP contribution in [0.1, 0.15) is 27.7 Å². The lowest BCUT2D eigenvalue weighted by Crippen LogP contribution is -2.16. The van der Waals surface area contributed by atoms with Gasteiger partial charge in [0.05, 0.1) is 10.6 Å². The normalized spacial score (nSPS) is 13.0. The van der Waals surface area contributed by atoms with Crippen molar-refractivity contribution in [1.82, 2.24) is 0 Å². The molecule has 25 heavy (non-hydrogen) atoms. The average Bonchev–Trinajstić information content (AvgIpc) is 3.11. The van der Waals surface area contributed by atoms with Crippen LogP contribution >= 0.6 is 11.3 Å². The van der Waals surface area contributed by atoms with Crippen LogP contribution < -0.4 is 4.74 Å². The molecule has 1 aliphatic rings. The Bertz CT molecular complexity index is 983. The van der Waals surface area contributed by atoms with Crippen LogP contribution in [0.4, 0.5) is 5.69 Å². The minimum absolute atomic E-state index is 0.103. The lowest BCUT2D eigenvalue weighted by atomic mass is 10.0. The van der Waals surface area contributed by atoms with Gasteiger partial charge < -0.3 is 4.74 Å². The van der Waals surface area contributed by atoms with Crippen molar-refractivity contribution in [1.29, 1.82) is 0 Å². The Morgan fingerprint density at radius 1 is 1.08 bits per heavy atom. The Labute approximate surface area is 150 Å². The number of hydrogen-bond donors (Lipinski definition) is 0. The third kappa shape index (κ3) is 3.01. The summed E-state index contributed by atoms with van der Waals surface area (Å²) in [6, 6.07) is 16.2. The minimum Gasteiger partial charge on any atom is -0.485 e. The molecule has 0 unspecified atom stereocenters. The Balaban J connectivity index is 1.66. The predicted octanol–water partition coefficient (Wildman–Crippen LogP) is 5.44. The molecule has 0 saturated heterocycles. The van der Waals surface area contributed by atoms with E-state index >= 15 is 0 Å². The molecular weight excluding hydrogens is 330 g/mol. The third-order valence-electron chi connectivity index (χ3n) is 4.25. The molecule has 0 fully saturated rings. The third-order valence-corrected chi connectivity index (χ3v) is 5.26. The first-order valence-corrected chi connectivity index (χ1v) is 9.00. The highest BCUT2D eigenvalue weighted by molar-refractivity contribution is 7.12. The molecule has 1 aromatic heterocycles. The van der Waals surface area contributed by atoms with E-state index in [0.29, 0.717) is 6.61 Å². The van der Waals surface area contributed by atoms with E-state index in [1.165, 1.54) is 16.9 Å². The summed E-state index contributed by atoms with van der Waals surface area (Å²) in [5.74, 6) is 0.941. The average molecular weight is 347 g/mol. The molecule has 124 valence electrons. The van der Waals surface area contributed by atoms with Crippen LogP contribution in [0.15, 0.2) is 58.9 Å². The molecule has 2 aromatic carbocycles. The quantitative estimate of drug-likeness (QED) is 0.592. The molecule has 4 heteroatoms. The Hall–Kier alpha value is -2.72. The largest absolute Gasteiger partial charge is 0.485 e. The Kier molecular flexibility index (Phi) is 3.98. The number of carbonyl (C=O) groups is 1. The summed E-state index contributed by atoms with van der Waals surface area (Å²) in [7, 11) is 0. The van der Waals surface area contributed by atoms with Crippen LogP contribution in [0.5, 0.6) is 5.75 Å². The second kappa shape index (κ2) is 6.30. The number of thiophene rings is 1. The van der Waals surface area contributed by atoms with Gasteiger partial charge >= 0.3 is 0 Å². The van der Waals surface area contributed by atoms with Gasteiger partial charge in [0, 0.05) is 5.56 Å². The maximum absolute atomic E-state index is 11.7. The Morgan fingerprint density at radius 3 is 2.60 bits per heavy atom. The molecule has 1 aliphatic heterocycles. The summed E-state index contributed by atoms with van der Waals surface area (Å²) in [5.41, 5.74) is 6.02. The van der Waals surface area contributed by atoms with Gasteiger partial charge in [0.25, 0.3) is 0 Å². The van der Waals surface area contributed by atoms with Gasteiger partial charge in [-0.15, -0.1) is 11.3 Å². The van der Waals surface area contributed by atoms with E-state index in [4.69, 9.17) is 9.73 Å². The van der Waals surface area contributed by atoms with Crippen LogP contribution in [0.25, 0.3) is 11.1 Å². The molecule has 3 nitrogen and oxygen atoms in total. The molecule has 4 rings (SSSR count). The maximum atomic E-state index is 11.7. The number of rotatable bonds is 3. The van der Waals surface area contributed by atoms with E-state index in [1.807, 2.05) is 60.8 Å². The minimum atomic E-state index is 0.103. The smallest absolute Gasteiger partial charge is 0.170 e. The lowest BCUT2D eigenvalue weighted by Gasteiger charge is -2.17. The summed E-state index contributed by atoms with van der Waals surface area (Å²) >= 11 is 1.48. The molecule has 0 N–H and O–H groups in total. The molecule has 0 bridgehead atoms. The van der Waals surface area contributed by atoms with E-state index in [1.54, 1.807) is 6.92 Å². The van der Waals surface area contributed by atoms with Crippen molar-refractivity contribution in [3.05, 3.63) is 69.9 Å². The summed E-state index contributed by atoms with van der Waals surface area (Å²) in [5, 5.41) is 1.96. The molecular formula is C21H17NO2S. The molecule has 3 aromatic rings. The predicted molar refractivity (Wildman–Crippen MR) is 103 cm³/mol. The number of aliphatic imine (C=N–C) groups is 1. The fourth-order valence-electron chi connectivity index (χ4n) is 2.95. The van der Waals surface area contributed by atoms with Crippen molar-refractivity contribution < 1.29 is 9.53 Å². The first-order chi connectivity index (χ1) is 12.1. The molecule has 2 heterocycles. The molecule has 0 amide bonds. The zero-order valence-electron chi connectivity index (χ0n) is 14.1. The monoisotopic (exact) mass is 347 g/mol. The highest BCUT2D eigenvalue weighted by Gasteiger charge is 2.16. The van der Waals surface area contributed by atoms with E-state index in [9.17, 15) is 4.79 Å². The van der Waals surface area contributed by atoms with Gasteiger partial charge in [-0.1, -0.05) is 30.3 Å². The van der Waals surface area contributed by atoms with Crippen LogP contribution in [0.2, 0.25) is 0 Å². The number of fused-ring (bicyclic) bond motifs is 1. The number of benzene rings is 2. The molecule has 0 atom stereocenters. The summed E-state index contributed by atoms with van der Waals surface area (Å²) in [6.45, 7) is 4.12. The fourth-order valence-corrected chi connectivity index (χ4v) is 3.77. The van der Waals surface area contributed by atoms with Gasteiger partial charge in [-0.2, -0.15) is 0 Å². The second-order valence-electron chi connectivity index (χ2n) is 6.12. The summed E-state index contributed by atoms with van der Waals surface area (Å²) in [6.07, 6.45) is 0. The van der Waals surface area contributed by atoms with Crippen molar-refractivity contribution >= 4 is 28.5 Å². The molecule has 0 radical (unpaired) electrons. The standard InChI is InChI=1S/C21H17NO2S/c1-13-3-8-18-20(11-13)24-12-19(22-18)16-6-4-15(5-7-16)17-9-10-25-21(17)14(2)23/h3-11H,12H2,1-2H3. The van der Waals surface area contributed by atoms with Crippen LogP contribution in [0, 0.1) is 6.92 Å². The second-order valence-corrected chi connectivity index (χ2v) is 7.03. The van der Waals surface area contributed by atoms with Crippen molar-refractivity contribution in [3.63, 3.8) is 0 Å². The Morgan fingerprint density at radius 2 is 1.84 bits per heavy atom. The van der Waals surface area contributed by atoms with Crippen molar-refractivity contribution in [3.8, 4) is 16.9 Å². The maximum Gasteiger partial charge on any atom is 0.170 e. The molecule has 0 spiro atoms. The van der Waals surface area contributed by atoms with E-state index in [2.05, 4.69) is 0 Å². The summed E-state index contributed by atoms with van der Waals surface area (Å²) < 4.78 is 5.85. The van der Waals surface area contributed by atoms with E-state index in [0.717, 1.165) is 38.7 Å². The number of Topliss-reactive ketones (excluding diaryl/α,β-unsaturated/α-hetero) is 1. The number of aryl methyl sites for hydroxylation is 1. The van der Waals surface area contributed by atoms with Crippen LogP contribution in [-0.4, -0.2) is 18.1 Å².